The first-order valence-corrected chi connectivity index (χ1v) is 9.05. The van der Waals surface area contributed by atoms with Crippen LogP contribution in [0.3, 0.4) is 0 Å². The van der Waals surface area contributed by atoms with Gasteiger partial charge in [-0.25, -0.2) is 0 Å². The molecule has 0 spiro atoms. The maximum Gasteiger partial charge on any atom is 0.418 e. The van der Waals surface area contributed by atoms with Gasteiger partial charge in [0.15, 0.2) is 0 Å². The molecule has 2 aromatic carbocycles. The number of halogens is 5. The number of likely N-dealkylation sites (N-methyl/N-ethyl adjacent to an activating group) is 1. The maximum atomic E-state index is 13.0. The van der Waals surface area contributed by atoms with Crippen LogP contribution in [0.5, 0.6) is 0 Å². The highest BCUT2D eigenvalue weighted by Crippen LogP contribution is 2.34. The van der Waals surface area contributed by atoms with Crippen LogP contribution in [0.4, 0.5) is 18.9 Å². The van der Waals surface area contributed by atoms with E-state index in [1.165, 1.54) is 23.1 Å². The molecule has 0 atom stereocenters. The second kappa shape index (κ2) is 9.30. The van der Waals surface area contributed by atoms with E-state index in [0.29, 0.717) is 15.6 Å². The summed E-state index contributed by atoms with van der Waals surface area (Å²) in [5.74, 6) is -1.11. The zero-order chi connectivity index (χ0) is 20.9. The van der Waals surface area contributed by atoms with Gasteiger partial charge in [0.2, 0.25) is 11.8 Å². The molecule has 1 N–H and O–H groups in total. The van der Waals surface area contributed by atoms with Crippen molar-refractivity contribution in [1.29, 1.82) is 0 Å². The van der Waals surface area contributed by atoms with Crippen LogP contribution >= 0.6 is 23.2 Å². The molecular weight excluding hydrogens is 416 g/mol. The fraction of sp³-hybridized carbons (Fsp3) is 0.263. The quantitative estimate of drug-likeness (QED) is 0.694. The van der Waals surface area contributed by atoms with Gasteiger partial charge in [-0.1, -0.05) is 41.4 Å². The molecule has 28 heavy (non-hydrogen) atoms. The molecule has 150 valence electrons. The summed E-state index contributed by atoms with van der Waals surface area (Å²) in [7, 11) is 0. The van der Waals surface area contributed by atoms with E-state index in [1.807, 2.05) is 0 Å². The predicted molar refractivity (Wildman–Crippen MR) is 102 cm³/mol. The molecule has 0 aliphatic rings. The van der Waals surface area contributed by atoms with Crippen molar-refractivity contribution in [2.75, 3.05) is 18.4 Å². The standard InChI is InChI=1S/C19H17Cl2F3N2O2/c1-2-26(18(28)9-12-7-8-13(20)10-15(12)21)11-17(27)25-16-6-4-3-5-14(16)19(22,23)24/h3-8,10H,2,9,11H2,1H3,(H,25,27). The minimum Gasteiger partial charge on any atom is -0.333 e. The van der Waals surface area contributed by atoms with Crippen molar-refractivity contribution < 1.29 is 22.8 Å². The Morgan fingerprint density at radius 2 is 1.79 bits per heavy atom. The average molecular weight is 433 g/mol. The van der Waals surface area contributed by atoms with Crippen LogP contribution in [0.2, 0.25) is 10.0 Å². The van der Waals surface area contributed by atoms with Gasteiger partial charge in [0.1, 0.15) is 0 Å². The van der Waals surface area contributed by atoms with E-state index >= 15 is 0 Å². The average Bonchev–Trinajstić information content (AvgIpc) is 2.61. The van der Waals surface area contributed by atoms with Gasteiger partial charge in [-0.3, -0.25) is 9.59 Å². The second-order valence-electron chi connectivity index (χ2n) is 5.91. The summed E-state index contributed by atoms with van der Waals surface area (Å²) in [5.41, 5.74) is -0.771. The van der Waals surface area contributed by atoms with Gasteiger partial charge in [0.05, 0.1) is 24.2 Å². The van der Waals surface area contributed by atoms with Gasteiger partial charge in [0, 0.05) is 16.6 Å². The molecule has 0 saturated carbocycles. The molecule has 0 heterocycles. The Kier molecular flexibility index (Phi) is 7.32. The van der Waals surface area contributed by atoms with Crippen molar-refractivity contribution in [3.8, 4) is 0 Å². The zero-order valence-corrected chi connectivity index (χ0v) is 16.3. The minimum atomic E-state index is -4.60. The number of anilines is 1. The van der Waals surface area contributed by atoms with Gasteiger partial charge >= 0.3 is 6.18 Å². The van der Waals surface area contributed by atoms with Crippen molar-refractivity contribution in [3.63, 3.8) is 0 Å². The SMILES string of the molecule is CCN(CC(=O)Nc1ccccc1C(F)(F)F)C(=O)Cc1ccc(Cl)cc1Cl. The Morgan fingerprint density at radius 1 is 1.11 bits per heavy atom. The number of nitrogens with zero attached hydrogens (tertiary/aromatic N) is 1. The third-order valence-corrected chi connectivity index (χ3v) is 4.52. The third kappa shape index (κ3) is 5.87. The lowest BCUT2D eigenvalue weighted by atomic mass is 10.1. The Hall–Kier alpha value is -2.25. The van der Waals surface area contributed by atoms with Crippen molar-refractivity contribution in [3.05, 3.63) is 63.6 Å². The number of nitrogens with one attached hydrogen (secondary N) is 1. The van der Waals surface area contributed by atoms with Crippen LogP contribution in [-0.2, 0) is 22.2 Å². The summed E-state index contributed by atoms with van der Waals surface area (Å²) in [6, 6.07) is 9.35. The molecule has 9 heteroatoms. The molecule has 0 bridgehead atoms. The van der Waals surface area contributed by atoms with E-state index in [1.54, 1.807) is 19.1 Å². The number of rotatable bonds is 6. The highest BCUT2D eigenvalue weighted by Gasteiger charge is 2.33. The summed E-state index contributed by atoms with van der Waals surface area (Å²) < 4.78 is 39.1. The van der Waals surface area contributed by atoms with E-state index in [9.17, 15) is 22.8 Å². The lowest BCUT2D eigenvalue weighted by molar-refractivity contribution is -0.137. The highest BCUT2D eigenvalue weighted by atomic mass is 35.5. The number of carbonyl (C=O) groups is 2. The molecule has 0 radical (unpaired) electrons. The van der Waals surface area contributed by atoms with Gasteiger partial charge in [-0.05, 0) is 36.8 Å². The van der Waals surface area contributed by atoms with Crippen molar-refractivity contribution in [1.82, 2.24) is 4.90 Å². The Labute approximate surface area is 170 Å². The molecule has 0 aromatic heterocycles. The van der Waals surface area contributed by atoms with Crippen LogP contribution in [0.15, 0.2) is 42.5 Å². The van der Waals surface area contributed by atoms with E-state index in [2.05, 4.69) is 5.32 Å². The minimum absolute atomic E-state index is 0.0593. The summed E-state index contributed by atoms with van der Waals surface area (Å²) in [6.45, 7) is 1.49. The number of amides is 2. The normalized spacial score (nSPS) is 11.2. The first-order chi connectivity index (χ1) is 13.1. The van der Waals surface area contributed by atoms with Gasteiger partial charge in [-0.2, -0.15) is 13.2 Å². The summed E-state index contributed by atoms with van der Waals surface area (Å²) in [5, 5.41) is 2.97. The molecule has 0 saturated heterocycles. The fourth-order valence-electron chi connectivity index (χ4n) is 2.52. The molecule has 0 fully saturated rings. The topological polar surface area (TPSA) is 49.4 Å². The third-order valence-electron chi connectivity index (χ3n) is 3.93. The van der Waals surface area contributed by atoms with Crippen molar-refractivity contribution >= 4 is 40.7 Å². The predicted octanol–water partition coefficient (Wildman–Crippen LogP) is 5.04. The van der Waals surface area contributed by atoms with Crippen LogP contribution in [0.1, 0.15) is 18.1 Å². The molecule has 2 amide bonds. The zero-order valence-electron chi connectivity index (χ0n) is 14.8. The summed E-state index contributed by atoms with van der Waals surface area (Å²) in [4.78, 5) is 25.9. The first-order valence-electron chi connectivity index (χ1n) is 8.29. The molecule has 0 aliphatic carbocycles. The van der Waals surface area contributed by atoms with Crippen LogP contribution in [0.25, 0.3) is 0 Å². The maximum absolute atomic E-state index is 13.0. The number of para-hydroxylation sites is 1. The Bertz CT molecular complexity index is 872. The largest absolute Gasteiger partial charge is 0.418 e. The number of benzene rings is 2. The molecular formula is C19H17Cl2F3N2O2. The van der Waals surface area contributed by atoms with Crippen LogP contribution in [0, 0.1) is 0 Å². The van der Waals surface area contributed by atoms with E-state index in [-0.39, 0.29) is 31.1 Å². The molecule has 2 aromatic rings. The summed E-state index contributed by atoms with van der Waals surface area (Å²) in [6.07, 6.45) is -4.66. The van der Waals surface area contributed by atoms with Crippen LogP contribution in [-0.4, -0.2) is 29.8 Å². The lowest BCUT2D eigenvalue weighted by Crippen LogP contribution is -2.39. The van der Waals surface area contributed by atoms with Gasteiger partial charge in [0.25, 0.3) is 0 Å². The van der Waals surface area contributed by atoms with Gasteiger partial charge in [-0.15, -0.1) is 0 Å². The number of hydrogen-bond acceptors (Lipinski definition) is 2. The van der Waals surface area contributed by atoms with E-state index in [4.69, 9.17) is 23.2 Å². The Balaban J connectivity index is 2.06. The molecule has 0 unspecified atom stereocenters. The van der Waals surface area contributed by atoms with Gasteiger partial charge < -0.3 is 10.2 Å². The van der Waals surface area contributed by atoms with E-state index < -0.39 is 17.6 Å². The van der Waals surface area contributed by atoms with Crippen LogP contribution < -0.4 is 5.32 Å². The van der Waals surface area contributed by atoms with Crippen molar-refractivity contribution in [2.45, 2.75) is 19.5 Å². The summed E-state index contributed by atoms with van der Waals surface area (Å²) >= 11 is 11.9. The monoisotopic (exact) mass is 432 g/mol. The molecule has 2 rings (SSSR count). The van der Waals surface area contributed by atoms with E-state index in [0.717, 1.165) is 12.1 Å². The highest BCUT2D eigenvalue weighted by molar-refractivity contribution is 6.35. The Morgan fingerprint density at radius 3 is 2.39 bits per heavy atom. The lowest BCUT2D eigenvalue weighted by Gasteiger charge is -2.21. The second-order valence-corrected chi connectivity index (χ2v) is 6.76. The first kappa shape index (κ1) is 22.0. The smallest absolute Gasteiger partial charge is 0.333 e. The number of alkyl halides is 3. The molecule has 0 aliphatic heterocycles. The molecule has 4 nitrogen and oxygen atoms in total. The van der Waals surface area contributed by atoms with Crippen molar-refractivity contribution in [2.24, 2.45) is 0 Å². The fourth-order valence-corrected chi connectivity index (χ4v) is 2.99. The number of carbonyl (C=O) groups excluding carboxylic acids is 2. The number of hydrogen-bond donors (Lipinski definition) is 1.